The SMILES string of the molecule is Cc1cccnc1CNC(C)c1cc2c(s1)CCCC2. The molecule has 1 unspecified atom stereocenters. The lowest BCUT2D eigenvalue weighted by Crippen LogP contribution is -2.18. The highest BCUT2D eigenvalue weighted by atomic mass is 32.1. The first kappa shape index (κ1) is 13.8. The van der Waals surface area contributed by atoms with Gasteiger partial charge in [0.25, 0.3) is 0 Å². The van der Waals surface area contributed by atoms with Crippen molar-refractivity contribution in [3.63, 3.8) is 0 Å². The number of nitrogens with one attached hydrogen (secondary N) is 1. The van der Waals surface area contributed by atoms with Crippen molar-refractivity contribution in [2.75, 3.05) is 0 Å². The third-order valence-corrected chi connectivity index (χ3v) is 5.56. The van der Waals surface area contributed by atoms with E-state index in [4.69, 9.17) is 0 Å². The fraction of sp³-hybridized carbons (Fsp3) is 0.471. The molecule has 0 saturated heterocycles. The standard InChI is InChI=1S/C17H22N2S/c1-12-6-5-9-18-15(12)11-19-13(2)17-10-14-7-3-4-8-16(14)20-17/h5-6,9-10,13,19H,3-4,7-8,11H2,1-2H3. The van der Waals surface area contributed by atoms with Crippen molar-refractivity contribution in [2.24, 2.45) is 0 Å². The number of pyridine rings is 1. The van der Waals surface area contributed by atoms with Crippen molar-refractivity contribution in [3.05, 3.63) is 51.0 Å². The largest absolute Gasteiger partial charge is 0.304 e. The molecule has 1 aliphatic carbocycles. The molecule has 0 radical (unpaired) electrons. The maximum atomic E-state index is 4.45. The molecule has 2 aromatic rings. The molecular formula is C17H22N2S. The highest BCUT2D eigenvalue weighted by molar-refractivity contribution is 7.12. The summed E-state index contributed by atoms with van der Waals surface area (Å²) in [6, 6.07) is 6.95. The summed E-state index contributed by atoms with van der Waals surface area (Å²) >= 11 is 2.00. The summed E-state index contributed by atoms with van der Waals surface area (Å²) in [5, 5.41) is 3.61. The van der Waals surface area contributed by atoms with Gasteiger partial charge in [0, 0.05) is 28.5 Å². The van der Waals surface area contributed by atoms with Gasteiger partial charge >= 0.3 is 0 Å². The summed E-state index contributed by atoms with van der Waals surface area (Å²) in [6.07, 6.45) is 7.16. The number of aromatic nitrogens is 1. The minimum atomic E-state index is 0.409. The normalized spacial score (nSPS) is 15.9. The van der Waals surface area contributed by atoms with Crippen molar-refractivity contribution < 1.29 is 0 Å². The van der Waals surface area contributed by atoms with E-state index in [2.05, 4.69) is 36.3 Å². The summed E-state index contributed by atoms with van der Waals surface area (Å²) in [4.78, 5) is 7.55. The summed E-state index contributed by atoms with van der Waals surface area (Å²) in [5.74, 6) is 0. The van der Waals surface area contributed by atoms with E-state index in [0.29, 0.717) is 6.04 Å². The van der Waals surface area contributed by atoms with Gasteiger partial charge in [0.05, 0.1) is 5.69 Å². The van der Waals surface area contributed by atoms with Gasteiger partial charge in [-0.15, -0.1) is 11.3 Å². The predicted octanol–water partition coefficient (Wildman–Crippen LogP) is 4.18. The fourth-order valence-electron chi connectivity index (χ4n) is 2.78. The molecule has 0 aromatic carbocycles. The Labute approximate surface area is 125 Å². The molecule has 0 fully saturated rings. The topological polar surface area (TPSA) is 24.9 Å². The minimum Gasteiger partial charge on any atom is -0.304 e. The van der Waals surface area contributed by atoms with Crippen molar-refractivity contribution in [2.45, 2.75) is 52.1 Å². The van der Waals surface area contributed by atoms with Crippen LogP contribution in [-0.2, 0) is 19.4 Å². The molecule has 3 heteroatoms. The highest BCUT2D eigenvalue weighted by Crippen LogP contribution is 2.32. The number of rotatable bonds is 4. The van der Waals surface area contributed by atoms with E-state index in [0.717, 1.165) is 12.2 Å². The van der Waals surface area contributed by atoms with E-state index in [1.165, 1.54) is 36.1 Å². The number of thiophene rings is 1. The van der Waals surface area contributed by atoms with Crippen molar-refractivity contribution in [1.82, 2.24) is 10.3 Å². The van der Waals surface area contributed by atoms with E-state index in [1.807, 2.05) is 23.6 Å². The lowest BCUT2D eigenvalue weighted by atomic mass is 9.99. The Morgan fingerprint density at radius 2 is 2.20 bits per heavy atom. The molecule has 2 nitrogen and oxygen atoms in total. The second kappa shape index (κ2) is 6.06. The molecule has 0 amide bonds. The Morgan fingerprint density at radius 3 is 3.00 bits per heavy atom. The van der Waals surface area contributed by atoms with E-state index in [-0.39, 0.29) is 0 Å². The molecule has 0 bridgehead atoms. The zero-order valence-electron chi connectivity index (χ0n) is 12.3. The smallest absolute Gasteiger partial charge is 0.0570 e. The van der Waals surface area contributed by atoms with Crippen LogP contribution < -0.4 is 5.32 Å². The molecule has 1 N–H and O–H groups in total. The Hall–Kier alpha value is -1.19. The quantitative estimate of drug-likeness (QED) is 0.912. The van der Waals surface area contributed by atoms with E-state index in [9.17, 15) is 0 Å². The van der Waals surface area contributed by atoms with Crippen LogP contribution in [-0.4, -0.2) is 4.98 Å². The van der Waals surface area contributed by atoms with Crippen LogP contribution in [0.2, 0.25) is 0 Å². The van der Waals surface area contributed by atoms with E-state index < -0.39 is 0 Å². The average Bonchev–Trinajstić information content (AvgIpc) is 2.90. The van der Waals surface area contributed by atoms with Crippen LogP contribution in [0.15, 0.2) is 24.4 Å². The first-order valence-corrected chi connectivity index (χ1v) is 8.31. The number of fused-ring (bicyclic) bond motifs is 1. The third-order valence-electron chi connectivity index (χ3n) is 4.14. The van der Waals surface area contributed by atoms with Gasteiger partial charge in [-0.3, -0.25) is 4.98 Å². The zero-order valence-corrected chi connectivity index (χ0v) is 13.1. The van der Waals surface area contributed by atoms with Gasteiger partial charge in [0.15, 0.2) is 0 Å². The fourth-order valence-corrected chi connectivity index (χ4v) is 4.07. The van der Waals surface area contributed by atoms with Crippen molar-refractivity contribution >= 4 is 11.3 Å². The second-order valence-corrected chi connectivity index (χ2v) is 6.84. The average molecular weight is 286 g/mol. The van der Waals surface area contributed by atoms with Crippen LogP contribution in [0.3, 0.4) is 0 Å². The Bertz CT molecular complexity index is 565. The Morgan fingerprint density at radius 1 is 1.35 bits per heavy atom. The third kappa shape index (κ3) is 2.94. The van der Waals surface area contributed by atoms with Crippen LogP contribution in [0.1, 0.15) is 52.4 Å². The molecular weight excluding hydrogens is 264 g/mol. The van der Waals surface area contributed by atoms with E-state index in [1.54, 1.807) is 10.4 Å². The van der Waals surface area contributed by atoms with Crippen LogP contribution in [0, 0.1) is 6.92 Å². The summed E-state index contributed by atoms with van der Waals surface area (Å²) < 4.78 is 0. The molecule has 0 aliphatic heterocycles. The first-order chi connectivity index (χ1) is 9.74. The highest BCUT2D eigenvalue weighted by Gasteiger charge is 2.16. The van der Waals surface area contributed by atoms with E-state index >= 15 is 0 Å². The summed E-state index contributed by atoms with van der Waals surface area (Å²) in [7, 11) is 0. The molecule has 1 aliphatic rings. The molecule has 3 rings (SSSR count). The molecule has 2 aromatic heterocycles. The monoisotopic (exact) mass is 286 g/mol. The van der Waals surface area contributed by atoms with Crippen LogP contribution in [0.5, 0.6) is 0 Å². The van der Waals surface area contributed by atoms with Gasteiger partial charge in [-0.1, -0.05) is 6.07 Å². The summed E-state index contributed by atoms with van der Waals surface area (Å²) in [5.41, 5.74) is 4.01. The second-order valence-electron chi connectivity index (χ2n) is 5.67. The lowest BCUT2D eigenvalue weighted by Gasteiger charge is -2.12. The molecule has 0 saturated carbocycles. The van der Waals surface area contributed by atoms with Crippen molar-refractivity contribution in [1.29, 1.82) is 0 Å². The van der Waals surface area contributed by atoms with Gasteiger partial charge in [-0.2, -0.15) is 0 Å². The van der Waals surface area contributed by atoms with Crippen LogP contribution in [0.25, 0.3) is 0 Å². The predicted molar refractivity (Wildman–Crippen MR) is 85.2 cm³/mol. The first-order valence-electron chi connectivity index (χ1n) is 7.49. The Balaban J connectivity index is 1.66. The van der Waals surface area contributed by atoms with Gasteiger partial charge < -0.3 is 5.32 Å². The van der Waals surface area contributed by atoms with Gasteiger partial charge in [-0.05, 0) is 62.8 Å². The Kier molecular flexibility index (Phi) is 4.18. The number of hydrogen-bond acceptors (Lipinski definition) is 3. The van der Waals surface area contributed by atoms with Gasteiger partial charge in [0.2, 0.25) is 0 Å². The molecule has 20 heavy (non-hydrogen) atoms. The van der Waals surface area contributed by atoms with Gasteiger partial charge in [-0.25, -0.2) is 0 Å². The van der Waals surface area contributed by atoms with Crippen LogP contribution >= 0.6 is 11.3 Å². The number of aryl methyl sites for hydroxylation is 3. The van der Waals surface area contributed by atoms with Crippen molar-refractivity contribution in [3.8, 4) is 0 Å². The number of hydrogen-bond donors (Lipinski definition) is 1. The lowest BCUT2D eigenvalue weighted by molar-refractivity contribution is 0.573. The molecule has 0 spiro atoms. The van der Waals surface area contributed by atoms with Gasteiger partial charge in [0.1, 0.15) is 0 Å². The maximum Gasteiger partial charge on any atom is 0.0570 e. The zero-order chi connectivity index (χ0) is 13.9. The van der Waals surface area contributed by atoms with Crippen LogP contribution in [0.4, 0.5) is 0 Å². The molecule has 2 heterocycles. The summed E-state index contributed by atoms with van der Waals surface area (Å²) in [6.45, 7) is 5.23. The number of nitrogens with zero attached hydrogens (tertiary/aromatic N) is 1. The maximum absolute atomic E-state index is 4.45. The minimum absolute atomic E-state index is 0.409. The molecule has 106 valence electrons. The molecule has 1 atom stereocenters.